The maximum atomic E-state index is 5.61. The van der Waals surface area contributed by atoms with Gasteiger partial charge in [-0.1, -0.05) is 6.07 Å². The molecular weight excluding hydrogens is 246 g/mol. The highest BCUT2D eigenvalue weighted by Gasteiger charge is 2.47. The second-order valence-electron chi connectivity index (χ2n) is 7.23. The maximum absolute atomic E-state index is 5.61. The van der Waals surface area contributed by atoms with E-state index in [1.165, 1.54) is 32.1 Å². The van der Waals surface area contributed by atoms with Crippen LogP contribution < -0.4 is 11.1 Å². The van der Waals surface area contributed by atoms with E-state index in [0.717, 1.165) is 47.5 Å². The number of nitrogens with two attached hydrogens (primary N) is 1. The first-order valence-corrected chi connectivity index (χ1v) is 8.20. The molecule has 0 spiro atoms. The minimum Gasteiger partial charge on any atom is -0.370 e. The molecule has 4 aliphatic rings. The summed E-state index contributed by atoms with van der Waals surface area (Å²) in [5.41, 5.74) is 6.71. The van der Waals surface area contributed by atoms with Crippen LogP contribution in [0.4, 0.5) is 5.82 Å². The lowest BCUT2D eigenvalue weighted by Crippen LogP contribution is -2.47. The molecule has 4 fully saturated rings. The van der Waals surface area contributed by atoms with Crippen LogP contribution in [-0.2, 0) is 6.54 Å². The van der Waals surface area contributed by atoms with E-state index in [1.807, 2.05) is 6.20 Å². The molecule has 0 saturated heterocycles. The topological polar surface area (TPSA) is 50.9 Å². The van der Waals surface area contributed by atoms with E-state index >= 15 is 0 Å². The Labute approximate surface area is 121 Å². The SMILES string of the molecule is NCc1ccc(NCC2C3CC4CC(C3)CC2C4)nc1. The standard InChI is InChI=1S/C17H25N3/c18-8-11-1-2-17(19-9-11)20-10-16-14-4-12-3-13(6-14)7-15(16)5-12/h1-2,9,12-16H,3-8,10,18H2,(H,19,20). The third-order valence-electron chi connectivity index (χ3n) is 6.00. The zero-order valence-electron chi connectivity index (χ0n) is 12.1. The highest BCUT2D eigenvalue weighted by atomic mass is 15.0. The van der Waals surface area contributed by atoms with Crippen LogP contribution in [0.3, 0.4) is 0 Å². The summed E-state index contributed by atoms with van der Waals surface area (Å²) < 4.78 is 0. The molecule has 108 valence electrons. The summed E-state index contributed by atoms with van der Waals surface area (Å²) in [7, 11) is 0. The summed E-state index contributed by atoms with van der Waals surface area (Å²) in [6, 6.07) is 4.14. The third-order valence-corrected chi connectivity index (χ3v) is 6.00. The number of nitrogens with zero attached hydrogens (tertiary/aromatic N) is 1. The van der Waals surface area contributed by atoms with E-state index in [-0.39, 0.29) is 0 Å². The second kappa shape index (κ2) is 5.03. The second-order valence-corrected chi connectivity index (χ2v) is 7.23. The van der Waals surface area contributed by atoms with Gasteiger partial charge in [0.25, 0.3) is 0 Å². The Balaban J connectivity index is 1.39. The van der Waals surface area contributed by atoms with E-state index in [4.69, 9.17) is 5.73 Å². The van der Waals surface area contributed by atoms with Gasteiger partial charge in [0, 0.05) is 19.3 Å². The van der Waals surface area contributed by atoms with Crippen LogP contribution >= 0.6 is 0 Å². The molecule has 3 nitrogen and oxygen atoms in total. The van der Waals surface area contributed by atoms with Gasteiger partial charge in [-0.05, 0) is 73.3 Å². The third kappa shape index (κ3) is 2.22. The molecule has 3 N–H and O–H groups in total. The minimum atomic E-state index is 0.572. The number of aromatic nitrogens is 1. The fourth-order valence-electron chi connectivity index (χ4n) is 5.24. The molecule has 20 heavy (non-hydrogen) atoms. The van der Waals surface area contributed by atoms with Crippen molar-refractivity contribution in [3.63, 3.8) is 0 Å². The average Bonchev–Trinajstić information content (AvgIpc) is 2.46. The molecule has 1 aromatic heterocycles. The van der Waals surface area contributed by atoms with Gasteiger partial charge in [-0.15, -0.1) is 0 Å². The van der Waals surface area contributed by atoms with Crippen molar-refractivity contribution in [2.45, 2.75) is 38.6 Å². The number of rotatable bonds is 4. The predicted molar refractivity (Wildman–Crippen MR) is 81.2 cm³/mol. The normalized spacial score (nSPS) is 38.1. The lowest BCUT2D eigenvalue weighted by atomic mass is 9.52. The molecule has 4 saturated carbocycles. The molecule has 0 radical (unpaired) electrons. The number of nitrogens with one attached hydrogen (secondary N) is 1. The van der Waals surface area contributed by atoms with Gasteiger partial charge in [0.05, 0.1) is 0 Å². The van der Waals surface area contributed by atoms with Gasteiger partial charge in [0.1, 0.15) is 5.82 Å². The molecule has 3 heteroatoms. The lowest BCUT2D eigenvalue weighted by Gasteiger charge is -2.54. The molecule has 1 heterocycles. The van der Waals surface area contributed by atoms with Gasteiger partial charge in [-0.25, -0.2) is 4.98 Å². The Morgan fingerprint density at radius 1 is 1.05 bits per heavy atom. The van der Waals surface area contributed by atoms with Gasteiger partial charge in [-0.2, -0.15) is 0 Å². The van der Waals surface area contributed by atoms with Crippen LogP contribution in [0.25, 0.3) is 0 Å². The van der Waals surface area contributed by atoms with Crippen molar-refractivity contribution in [1.82, 2.24) is 4.98 Å². The summed E-state index contributed by atoms with van der Waals surface area (Å²) in [4.78, 5) is 4.46. The molecule has 1 aromatic rings. The fraction of sp³-hybridized carbons (Fsp3) is 0.706. The smallest absolute Gasteiger partial charge is 0.125 e. The molecule has 0 aromatic carbocycles. The van der Waals surface area contributed by atoms with Crippen molar-refractivity contribution < 1.29 is 0 Å². The first-order chi connectivity index (χ1) is 9.81. The Hall–Kier alpha value is -1.09. The molecule has 0 unspecified atom stereocenters. The molecule has 0 atom stereocenters. The van der Waals surface area contributed by atoms with Crippen LogP contribution in [0.5, 0.6) is 0 Å². The quantitative estimate of drug-likeness (QED) is 0.885. The van der Waals surface area contributed by atoms with Gasteiger partial charge in [0.15, 0.2) is 0 Å². The Bertz CT molecular complexity index is 440. The Kier molecular flexibility index (Phi) is 3.18. The number of hydrogen-bond donors (Lipinski definition) is 2. The van der Waals surface area contributed by atoms with Crippen LogP contribution in [-0.4, -0.2) is 11.5 Å². The van der Waals surface area contributed by atoms with Crippen LogP contribution in [0, 0.1) is 29.6 Å². The lowest BCUT2D eigenvalue weighted by molar-refractivity contribution is -0.0305. The van der Waals surface area contributed by atoms with E-state index < -0.39 is 0 Å². The zero-order valence-corrected chi connectivity index (χ0v) is 12.1. The van der Waals surface area contributed by atoms with Crippen molar-refractivity contribution in [3.8, 4) is 0 Å². The van der Waals surface area contributed by atoms with Gasteiger partial charge < -0.3 is 11.1 Å². The maximum Gasteiger partial charge on any atom is 0.125 e. The fourth-order valence-corrected chi connectivity index (χ4v) is 5.24. The van der Waals surface area contributed by atoms with Crippen LogP contribution in [0.15, 0.2) is 18.3 Å². The van der Waals surface area contributed by atoms with Crippen molar-refractivity contribution >= 4 is 5.82 Å². The molecular formula is C17H25N3. The predicted octanol–water partition coefficient (Wildman–Crippen LogP) is 3.02. The van der Waals surface area contributed by atoms with E-state index in [9.17, 15) is 0 Å². The van der Waals surface area contributed by atoms with Crippen molar-refractivity contribution in [2.24, 2.45) is 35.3 Å². The summed E-state index contributed by atoms with van der Waals surface area (Å²) in [5.74, 6) is 6.00. The van der Waals surface area contributed by atoms with E-state index in [0.29, 0.717) is 6.54 Å². The highest BCUT2D eigenvalue weighted by Crippen LogP contribution is 2.56. The average molecular weight is 271 g/mol. The van der Waals surface area contributed by atoms with Gasteiger partial charge in [0.2, 0.25) is 0 Å². The highest BCUT2D eigenvalue weighted by molar-refractivity contribution is 5.35. The summed E-state index contributed by atoms with van der Waals surface area (Å²) in [5, 5.41) is 3.57. The van der Waals surface area contributed by atoms with Crippen LogP contribution in [0.1, 0.15) is 37.7 Å². The summed E-state index contributed by atoms with van der Waals surface area (Å²) >= 11 is 0. The summed E-state index contributed by atoms with van der Waals surface area (Å²) in [6.07, 6.45) is 9.42. The largest absolute Gasteiger partial charge is 0.370 e. The number of anilines is 1. The Morgan fingerprint density at radius 3 is 2.30 bits per heavy atom. The first-order valence-electron chi connectivity index (χ1n) is 8.20. The summed E-state index contributed by atoms with van der Waals surface area (Å²) in [6.45, 7) is 1.69. The molecule has 0 aliphatic heterocycles. The monoisotopic (exact) mass is 271 g/mol. The first kappa shape index (κ1) is 12.6. The molecule has 4 aliphatic carbocycles. The van der Waals surface area contributed by atoms with Crippen molar-refractivity contribution in [1.29, 1.82) is 0 Å². The van der Waals surface area contributed by atoms with Crippen molar-refractivity contribution in [3.05, 3.63) is 23.9 Å². The van der Waals surface area contributed by atoms with Crippen molar-refractivity contribution in [2.75, 3.05) is 11.9 Å². The molecule has 0 amide bonds. The minimum absolute atomic E-state index is 0.572. The number of pyridine rings is 1. The van der Waals surface area contributed by atoms with E-state index in [2.05, 4.69) is 22.4 Å². The number of hydrogen-bond acceptors (Lipinski definition) is 3. The molecule has 4 bridgehead atoms. The molecule has 5 rings (SSSR count). The van der Waals surface area contributed by atoms with E-state index in [1.54, 1.807) is 0 Å². The van der Waals surface area contributed by atoms with Crippen LogP contribution in [0.2, 0.25) is 0 Å². The zero-order chi connectivity index (χ0) is 13.5. The van der Waals surface area contributed by atoms with Gasteiger partial charge >= 0.3 is 0 Å². The Morgan fingerprint density at radius 2 is 1.75 bits per heavy atom. The van der Waals surface area contributed by atoms with Gasteiger partial charge in [-0.3, -0.25) is 0 Å².